The number of nitrogens with zero attached hydrogens (tertiary/aromatic N) is 3. The predicted molar refractivity (Wildman–Crippen MR) is 142 cm³/mol. The van der Waals surface area contributed by atoms with Crippen LogP contribution < -0.4 is 0 Å². The standard InChI is InChI=1S/C29H28N4O2S/c1-21-31-26-17-18-30-27(29(26)32-21)19-23-13-15-25(16-14-23)36(34,35)33(2)28(24-11-7-4-8-12-24)20-22-9-5-3-6-10-22/h3-18,28H,19-20H2,1-2H3,(H,31,32). The summed E-state index contributed by atoms with van der Waals surface area (Å²) in [5.74, 6) is 0.840. The zero-order valence-electron chi connectivity index (χ0n) is 20.3. The van der Waals surface area contributed by atoms with E-state index >= 15 is 0 Å². The molecule has 0 aliphatic heterocycles. The minimum absolute atomic E-state index is 0.268. The maximum atomic E-state index is 13.7. The van der Waals surface area contributed by atoms with Crippen molar-refractivity contribution in [3.63, 3.8) is 0 Å². The van der Waals surface area contributed by atoms with E-state index in [2.05, 4.69) is 15.0 Å². The largest absolute Gasteiger partial charge is 0.342 e. The second-order valence-electron chi connectivity index (χ2n) is 8.93. The molecular weight excluding hydrogens is 468 g/mol. The van der Waals surface area contributed by atoms with Gasteiger partial charge in [0, 0.05) is 19.7 Å². The molecule has 0 fully saturated rings. The molecule has 182 valence electrons. The maximum absolute atomic E-state index is 13.7. The van der Waals surface area contributed by atoms with E-state index in [0.717, 1.165) is 39.2 Å². The predicted octanol–water partition coefficient (Wildman–Crippen LogP) is 5.46. The first-order valence-electron chi connectivity index (χ1n) is 11.9. The Labute approximate surface area is 211 Å². The summed E-state index contributed by atoms with van der Waals surface area (Å²) in [6.07, 6.45) is 2.91. The lowest BCUT2D eigenvalue weighted by Gasteiger charge is -2.28. The Balaban J connectivity index is 1.41. The van der Waals surface area contributed by atoms with Gasteiger partial charge in [-0.15, -0.1) is 0 Å². The minimum Gasteiger partial charge on any atom is -0.342 e. The summed E-state index contributed by atoms with van der Waals surface area (Å²) in [7, 11) is -2.07. The Morgan fingerprint density at radius 1 is 0.861 bits per heavy atom. The number of hydrogen-bond acceptors (Lipinski definition) is 4. The second-order valence-corrected chi connectivity index (χ2v) is 10.9. The van der Waals surface area contributed by atoms with Crippen LogP contribution in [0.2, 0.25) is 0 Å². The van der Waals surface area contributed by atoms with Crippen molar-refractivity contribution in [2.45, 2.75) is 30.7 Å². The van der Waals surface area contributed by atoms with Crippen molar-refractivity contribution in [2.75, 3.05) is 7.05 Å². The van der Waals surface area contributed by atoms with E-state index in [1.165, 1.54) is 4.31 Å². The number of benzene rings is 3. The van der Waals surface area contributed by atoms with Gasteiger partial charge >= 0.3 is 0 Å². The molecule has 7 heteroatoms. The van der Waals surface area contributed by atoms with Gasteiger partial charge in [-0.1, -0.05) is 72.8 Å². The van der Waals surface area contributed by atoms with Gasteiger partial charge in [-0.3, -0.25) is 4.98 Å². The molecule has 0 saturated carbocycles. The smallest absolute Gasteiger partial charge is 0.243 e. The molecule has 2 aromatic heterocycles. The maximum Gasteiger partial charge on any atom is 0.243 e. The fourth-order valence-electron chi connectivity index (χ4n) is 4.52. The van der Waals surface area contributed by atoms with E-state index in [4.69, 9.17) is 0 Å². The van der Waals surface area contributed by atoms with Crippen LogP contribution in [0.5, 0.6) is 0 Å². The molecule has 1 atom stereocenters. The molecule has 5 rings (SSSR count). The van der Waals surface area contributed by atoms with E-state index < -0.39 is 10.0 Å². The van der Waals surface area contributed by atoms with Crippen LogP contribution >= 0.6 is 0 Å². The van der Waals surface area contributed by atoms with Crippen molar-refractivity contribution < 1.29 is 8.42 Å². The SMILES string of the molecule is Cc1nc2c(Cc3ccc(S(=O)(=O)N(C)C(Cc4ccccc4)c4ccccc4)cc3)nccc2[nH]1. The van der Waals surface area contributed by atoms with E-state index in [9.17, 15) is 8.42 Å². The fraction of sp³-hybridized carbons (Fsp3) is 0.172. The lowest BCUT2D eigenvalue weighted by molar-refractivity contribution is 0.373. The molecule has 1 N–H and O–H groups in total. The number of fused-ring (bicyclic) bond motifs is 1. The number of aromatic nitrogens is 3. The molecule has 0 amide bonds. The molecule has 3 aromatic carbocycles. The summed E-state index contributed by atoms with van der Waals surface area (Å²) in [4.78, 5) is 12.6. The van der Waals surface area contributed by atoms with Crippen molar-refractivity contribution in [1.29, 1.82) is 0 Å². The van der Waals surface area contributed by atoms with Crippen LogP contribution in [0.3, 0.4) is 0 Å². The third-order valence-corrected chi connectivity index (χ3v) is 8.34. The molecule has 0 radical (unpaired) electrons. The monoisotopic (exact) mass is 496 g/mol. The van der Waals surface area contributed by atoms with E-state index in [0.29, 0.717) is 12.8 Å². The zero-order valence-corrected chi connectivity index (χ0v) is 21.1. The summed E-state index contributed by atoms with van der Waals surface area (Å²) in [6, 6.07) is 28.4. The molecule has 6 nitrogen and oxygen atoms in total. The Morgan fingerprint density at radius 3 is 2.22 bits per heavy atom. The molecule has 1 unspecified atom stereocenters. The first kappa shape index (κ1) is 23.9. The van der Waals surface area contributed by atoms with E-state index in [1.807, 2.05) is 85.8 Å². The van der Waals surface area contributed by atoms with Crippen molar-refractivity contribution in [3.05, 3.63) is 125 Å². The van der Waals surface area contributed by atoms with Crippen LogP contribution in [0.25, 0.3) is 11.0 Å². The van der Waals surface area contributed by atoms with Gasteiger partial charge in [0.25, 0.3) is 0 Å². The second kappa shape index (κ2) is 10.0. The van der Waals surface area contributed by atoms with Gasteiger partial charge in [0.05, 0.1) is 22.1 Å². The average molecular weight is 497 g/mol. The molecule has 0 aliphatic carbocycles. The highest BCUT2D eigenvalue weighted by Gasteiger charge is 2.29. The molecular formula is C29H28N4O2S. The Kier molecular flexibility index (Phi) is 6.67. The van der Waals surface area contributed by atoms with Crippen molar-refractivity contribution in [3.8, 4) is 0 Å². The number of hydrogen-bond donors (Lipinski definition) is 1. The van der Waals surface area contributed by atoms with Gasteiger partial charge in [-0.05, 0) is 48.2 Å². The molecule has 0 spiro atoms. The Hall–Kier alpha value is -3.81. The quantitative estimate of drug-likeness (QED) is 0.309. The van der Waals surface area contributed by atoms with Crippen LogP contribution in [-0.4, -0.2) is 34.7 Å². The highest BCUT2D eigenvalue weighted by atomic mass is 32.2. The highest BCUT2D eigenvalue weighted by molar-refractivity contribution is 7.89. The topological polar surface area (TPSA) is 79.0 Å². The minimum atomic E-state index is -3.73. The van der Waals surface area contributed by atoms with Crippen molar-refractivity contribution >= 4 is 21.1 Å². The third-order valence-electron chi connectivity index (χ3n) is 6.46. The first-order valence-corrected chi connectivity index (χ1v) is 13.3. The summed E-state index contributed by atoms with van der Waals surface area (Å²) >= 11 is 0. The average Bonchev–Trinajstić information content (AvgIpc) is 3.29. The lowest BCUT2D eigenvalue weighted by atomic mass is 9.99. The zero-order chi connectivity index (χ0) is 25.1. The van der Waals surface area contributed by atoms with Gasteiger partial charge in [0.1, 0.15) is 11.3 Å². The summed E-state index contributed by atoms with van der Waals surface area (Å²) < 4.78 is 28.9. The number of nitrogens with one attached hydrogen (secondary N) is 1. The van der Waals surface area contributed by atoms with Crippen LogP contribution in [-0.2, 0) is 22.9 Å². The number of imidazole rings is 1. The number of pyridine rings is 1. The van der Waals surface area contributed by atoms with Gasteiger partial charge in [0.15, 0.2) is 0 Å². The molecule has 0 aliphatic rings. The number of rotatable bonds is 8. The molecule has 5 aromatic rings. The van der Waals surface area contributed by atoms with Crippen molar-refractivity contribution in [2.24, 2.45) is 0 Å². The molecule has 36 heavy (non-hydrogen) atoms. The highest BCUT2D eigenvalue weighted by Crippen LogP contribution is 2.30. The number of aryl methyl sites for hydroxylation is 1. The Bertz CT molecular complexity index is 1560. The number of H-pyrrole nitrogens is 1. The van der Waals surface area contributed by atoms with E-state index in [1.54, 1.807) is 25.4 Å². The molecule has 2 heterocycles. The summed E-state index contributed by atoms with van der Waals surface area (Å²) in [5, 5.41) is 0. The van der Waals surface area contributed by atoms with Gasteiger partial charge in [0.2, 0.25) is 10.0 Å². The number of likely N-dealkylation sites (N-methyl/N-ethyl adjacent to an activating group) is 1. The van der Waals surface area contributed by atoms with Gasteiger partial charge < -0.3 is 4.98 Å². The third kappa shape index (κ3) is 4.94. The van der Waals surface area contributed by atoms with Crippen LogP contribution in [0, 0.1) is 6.92 Å². The Morgan fingerprint density at radius 2 is 1.53 bits per heavy atom. The van der Waals surface area contributed by atoms with Gasteiger partial charge in [-0.25, -0.2) is 13.4 Å². The molecule has 0 saturated heterocycles. The molecule has 0 bridgehead atoms. The van der Waals surface area contributed by atoms with Crippen LogP contribution in [0.1, 0.15) is 34.3 Å². The lowest BCUT2D eigenvalue weighted by Crippen LogP contribution is -2.32. The number of aromatic amines is 1. The van der Waals surface area contributed by atoms with Gasteiger partial charge in [-0.2, -0.15) is 4.31 Å². The van der Waals surface area contributed by atoms with Crippen LogP contribution in [0.15, 0.2) is 102 Å². The van der Waals surface area contributed by atoms with Crippen LogP contribution in [0.4, 0.5) is 0 Å². The van der Waals surface area contributed by atoms with Crippen molar-refractivity contribution in [1.82, 2.24) is 19.3 Å². The summed E-state index contributed by atoms with van der Waals surface area (Å²) in [5.41, 5.74) is 5.66. The normalized spacial score (nSPS) is 12.8. The first-order chi connectivity index (χ1) is 17.4. The summed E-state index contributed by atoms with van der Waals surface area (Å²) in [6.45, 7) is 1.92. The van der Waals surface area contributed by atoms with E-state index in [-0.39, 0.29) is 10.9 Å². The fourth-order valence-corrected chi connectivity index (χ4v) is 5.86. The number of sulfonamides is 1.